The average molecular weight is 259 g/mol. The van der Waals surface area contributed by atoms with E-state index >= 15 is 0 Å². The van der Waals surface area contributed by atoms with Crippen molar-refractivity contribution in [3.05, 3.63) is 29.8 Å². The van der Waals surface area contributed by atoms with E-state index in [4.69, 9.17) is 10.5 Å². The van der Waals surface area contributed by atoms with Crippen LogP contribution in [-0.4, -0.2) is 19.1 Å². The molecule has 2 atom stereocenters. The van der Waals surface area contributed by atoms with Crippen LogP contribution in [-0.2, 0) is 9.53 Å². The number of hydrogen-bond acceptors (Lipinski definition) is 3. The second-order valence-electron chi connectivity index (χ2n) is 3.78. The topological polar surface area (TPSA) is 64.3 Å². The SMILES string of the molecule is COC(C)c1cccc(NC(=O)[C@@H](C)N)c1.Cl. The number of methoxy groups -OCH3 is 1. The molecule has 0 aromatic heterocycles. The van der Waals surface area contributed by atoms with E-state index in [1.54, 1.807) is 14.0 Å². The van der Waals surface area contributed by atoms with E-state index in [9.17, 15) is 4.79 Å². The molecule has 4 nitrogen and oxygen atoms in total. The highest BCUT2D eigenvalue weighted by molar-refractivity contribution is 5.94. The molecular formula is C12H19ClN2O2. The Labute approximate surface area is 108 Å². The fourth-order valence-electron chi connectivity index (χ4n) is 1.26. The maximum absolute atomic E-state index is 11.4. The maximum atomic E-state index is 11.4. The van der Waals surface area contributed by atoms with Crippen LogP contribution in [0.4, 0.5) is 5.69 Å². The molecule has 1 unspecified atom stereocenters. The summed E-state index contributed by atoms with van der Waals surface area (Å²) in [4.78, 5) is 11.4. The van der Waals surface area contributed by atoms with Gasteiger partial charge in [0.25, 0.3) is 0 Å². The summed E-state index contributed by atoms with van der Waals surface area (Å²) >= 11 is 0. The maximum Gasteiger partial charge on any atom is 0.240 e. The van der Waals surface area contributed by atoms with E-state index in [1.165, 1.54) is 0 Å². The molecule has 0 saturated carbocycles. The Hall–Kier alpha value is -1.10. The van der Waals surface area contributed by atoms with Gasteiger partial charge in [-0.2, -0.15) is 0 Å². The molecule has 0 saturated heterocycles. The molecule has 0 spiro atoms. The van der Waals surface area contributed by atoms with Crippen LogP contribution in [0.15, 0.2) is 24.3 Å². The first kappa shape index (κ1) is 15.9. The zero-order valence-electron chi connectivity index (χ0n) is 10.3. The molecule has 1 amide bonds. The third-order valence-electron chi connectivity index (χ3n) is 2.39. The number of rotatable bonds is 4. The second-order valence-corrected chi connectivity index (χ2v) is 3.78. The molecule has 5 heteroatoms. The van der Waals surface area contributed by atoms with Gasteiger partial charge in [-0.05, 0) is 31.5 Å². The van der Waals surface area contributed by atoms with E-state index in [2.05, 4.69) is 5.32 Å². The van der Waals surface area contributed by atoms with Gasteiger partial charge in [-0.3, -0.25) is 4.79 Å². The number of anilines is 1. The third-order valence-corrected chi connectivity index (χ3v) is 2.39. The van der Waals surface area contributed by atoms with Crippen LogP contribution < -0.4 is 11.1 Å². The van der Waals surface area contributed by atoms with E-state index in [0.717, 1.165) is 11.3 Å². The first-order valence-electron chi connectivity index (χ1n) is 5.23. The normalized spacial score (nSPS) is 13.4. The lowest BCUT2D eigenvalue weighted by molar-refractivity contribution is -0.117. The number of nitrogens with one attached hydrogen (secondary N) is 1. The largest absolute Gasteiger partial charge is 0.377 e. The highest BCUT2D eigenvalue weighted by Crippen LogP contribution is 2.19. The van der Waals surface area contributed by atoms with Crippen molar-refractivity contribution in [2.45, 2.75) is 26.0 Å². The van der Waals surface area contributed by atoms with Gasteiger partial charge in [0.15, 0.2) is 0 Å². The minimum Gasteiger partial charge on any atom is -0.377 e. The molecule has 0 heterocycles. The molecule has 0 aliphatic rings. The van der Waals surface area contributed by atoms with Gasteiger partial charge in [-0.1, -0.05) is 12.1 Å². The van der Waals surface area contributed by atoms with Crippen molar-refractivity contribution in [3.63, 3.8) is 0 Å². The Morgan fingerprint density at radius 2 is 2.06 bits per heavy atom. The Bertz CT molecular complexity index is 369. The van der Waals surface area contributed by atoms with E-state index in [1.807, 2.05) is 31.2 Å². The lowest BCUT2D eigenvalue weighted by Gasteiger charge is -2.12. The fraction of sp³-hybridized carbons (Fsp3) is 0.417. The Kier molecular flexibility index (Phi) is 6.80. The average Bonchev–Trinajstić information content (AvgIpc) is 2.28. The van der Waals surface area contributed by atoms with E-state index in [-0.39, 0.29) is 24.4 Å². The minimum atomic E-state index is -0.511. The molecule has 0 aliphatic carbocycles. The van der Waals surface area contributed by atoms with Crippen molar-refractivity contribution < 1.29 is 9.53 Å². The van der Waals surface area contributed by atoms with E-state index in [0.29, 0.717) is 0 Å². The third kappa shape index (κ3) is 4.73. The predicted octanol–water partition coefficient (Wildman–Crippen LogP) is 2.10. The molecule has 17 heavy (non-hydrogen) atoms. The molecular weight excluding hydrogens is 240 g/mol. The zero-order chi connectivity index (χ0) is 12.1. The fourth-order valence-corrected chi connectivity index (χ4v) is 1.26. The number of benzene rings is 1. The number of carbonyl (C=O) groups is 1. The number of ether oxygens (including phenoxy) is 1. The van der Waals surface area contributed by atoms with Gasteiger partial charge < -0.3 is 15.8 Å². The van der Waals surface area contributed by atoms with Crippen LogP contribution in [0, 0.1) is 0 Å². The summed E-state index contributed by atoms with van der Waals surface area (Å²) in [5.74, 6) is -0.192. The molecule has 96 valence electrons. The summed E-state index contributed by atoms with van der Waals surface area (Å²) in [6, 6.07) is 7.03. The predicted molar refractivity (Wildman–Crippen MR) is 71.4 cm³/mol. The van der Waals surface area contributed by atoms with Crippen LogP contribution in [0.2, 0.25) is 0 Å². The summed E-state index contributed by atoms with van der Waals surface area (Å²) in [7, 11) is 1.65. The van der Waals surface area contributed by atoms with Gasteiger partial charge >= 0.3 is 0 Å². The van der Waals surface area contributed by atoms with Gasteiger partial charge in [0.2, 0.25) is 5.91 Å². The first-order valence-corrected chi connectivity index (χ1v) is 5.23. The van der Waals surface area contributed by atoms with Crippen LogP contribution >= 0.6 is 12.4 Å². The van der Waals surface area contributed by atoms with Crippen molar-refractivity contribution in [3.8, 4) is 0 Å². The lowest BCUT2D eigenvalue weighted by atomic mass is 10.1. The quantitative estimate of drug-likeness (QED) is 0.869. The highest BCUT2D eigenvalue weighted by Gasteiger charge is 2.09. The summed E-state index contributed by atoms with van der Waals surface area (Å²) < 4.78 is 5.21. The Morgan fingerprint density at radius 1 is 1.41 bits per heavy atom. The van der Waals surface area contributed by atoms with Crippen molar-refractivity contribution in [1.29, 1.82) is 0 Å². The van der Waals surface area contributed by atoms with Gasteiger partial charge in [0.1, 0.15) is 0 Å². The summed E-state index contributed by atoms with van der Waals surface area (Å²) in [6.45, 7) is 3.60. The van der Waals surface area contributed by atoms with E-state index < -0.39 is 6.04 Å². The Balaban J connectivity index is 0.00000256. The second kappa shape index (κ2) is 7.27. The summed E-state index contributed by atoms with van der Waals surface area (Å²) in [6.07, 6.45) is 0.00662. The molecule has 0 aliphatic heterocycles. The van der Waals surface area contributed by atoms with Crippen LogP contribution in [0.25, 0.3) is 0 Å². The minimum absolute atomic E-state index is 0. The highest BCUT2D eigenvalue weighted by atomic mass is 35.5. The number of amides is 1. The molecule has 1 rings (SSSR count). The van der Waals surface area contributed by atoms with Crippen molar-refractivity contribution in [2.75, 3.05) is 12.4 Å². The monoisotopic (exact) mass is 258 g/mol. The molecule has 1 aromatic carbocycles. The molecule has 3 N–H and O–H groups in total. The molecule has 0 bridgehead atoms. The molecule has 0 radical (unpaired) electrons. The van der Waals surface area contributed by atoms with Gasteiger partial charge in [0.05, 0.1) is 12.1 Å². The number of halogens is 1. The van der Waals surface area contributed by atoms with Crippen LogP contribution in [0.5, 0.6) is 0 Å². The number of hydrogen-bond donors (Lipinski definition) is 2. The summed E-state index contributed by atoms with van der Waals surface area (Å²) in [5, 5.41) is 2.74. The lowest BCUT2D eigenvalue weighted by Crippen LogP contribution is -2.32. The van der Waals surface area contributed by atoms with Gasteiger partial charge in [-0.25, -0.2) is 0 Å². The molecule has 1 aromatic rings. The first-order chi connectivity index (χ1) is 7.54. The number of nitrogens with two attached hydrogens (primary N) is 1. The van der Waals surface area contributed by atoms with Crippen LogP contribution in [0.3, 0.4) is 0 Å². The zero-order valence-corrected chi connectivity index (χ0v) is 11.1. The van der Waals surface area contributed by atoms with Gasteiger partial charge in [-0.15, -0.1) is 12.4 Å². The van der Waals surface area contributed by atoms with Crippen molar-refractivity contribution in [1.82, 2.24) is 0 Å². The van der Waals surface area contributed by atoms with Crippen LogP contribution in [0.1, 0.15) is 25.5 Å². The van der Waals surface area contributed by atoms with Crippen molar-refractivity contribution in [2.24, 2.45) is 5.73 Å². The standard InChI is InChI=1S/C12H18N2O2.ClH/c1-8(13)12(15)14-11-6-4-5-10(7-11)9(2)16-3;/h4-9H,13H2,1-3H3,(H,14,15);1H/t8-,9?;/m1./s1. The summed E-state index contributed by atoms with van der Waals surface area (Å²) in [5.41, 5.74) is 7.23. The van der Waals surface area contributed by atoms with Crippen molar-refractivity contribution >= 4 is 24.0 Å². The smallest absolute Gasteiger partial charge is 0.240 e. The Morgan fingerprint density at radius 3 is 2.59 bits per heavy atom. The molecule has 0 fully saturated rings. The van der Waals surface area contributed by atoms with Gasteiger partial charge in [0, 0.05) is 12.8 Å². The number of carbonyl (C=O) groups excluding carboxylic acids is 1.